The second-order valence-corrected chi connectivity index (χ2v) is 6.99. The number of H-pyrrole nitrogens is 1. The normalized spacial score (nSPS) is 29.6. The van der Waals surface area contributed by atoms with Crippen molar-refractivity contribution in [2.45, 2.75) is 57.3 Å². The van der Waals surface area contributed by atoms with E-state index in [-0.39, 0.29) is 34.8 Å². The molecule has 2 fully saturated rings. The minimum Gasteiger partial charge on any atom is -0.381 e. The number of nitrogens with zero attached hydrogens (tertiary/aromatic N) is 1. The first-order valence-electron chi connectivity index (χ1n) is 8.51. The van der Waals surface area contributed by atoms with E-state index in [1.54, 1.807) is 20.3 Å². The number of pyridine rings is 1. The summed E-state index contributed by atoms with van der Waals surface area (Å²) in [5.41, 5.74) is 1.29. The van der Waals surface area contributed by atoms with Gasteiger partial charge in [0.1, 0.15) is 5.56 Å². The Bertz CT molecular complexity index is 699. The second-order valence-electron chi connectivity index (χ2n) is 6.99. The number of aromatic nitrogens is 1. The van der Waals surface area contributed by atoms with Gasteiger partial charge in [0.15, 0.2) is 0 Å². The molecule has 0 unspecified atom stereocenters. The molecular weight excluding hydrogens is 308 g/mol. The Kier molecular flexibility index (Phi) is 4.53. The van der Waals surface area contributed by atoms with Gasteiger partial charge < -0.3 is 19.4 Å². The summed E-state index contributed by atoms with van der Waals surface area (Å²) in [7, 11) is 3.43. The van der Waals surface area contributed by atoms with E-state index in [1.807, 2.05) is 18.7 Å². The molecular formula is C18H26N2O4. The fraction of sp³-hybridized carbons (Fsp3) is 0.667. The Morgan fingerprint density at radius 3 is 2.75 bits per heavy atom. The Balaban J connectivity index is 1.93. The first-order chi connectivity index (χ1) is 11.4. The van der Waals surface area contributed by atoms with Crippen molar-refractivity contribution in [3.8, 4) is 0 Å². The van der Waals surface area contributed by atoms with Gasteiger partial charge in [0.25, 0.3) is 11.5 Å². The first kappa shape index (κ1) is 17.2. The van der Waals surface area contributed by atoms with Crippen molar-refractivity contribution in [3.05, 3.63) is 33.2 Å². The van der Waals surface area contributed by atoms with Gasteiger partial charge in [0.2, 0.25) is 0 Å². The molecule has 1 aliphatic heterocycles. The van der Waals surface area contributed by atoms with Crippen molar-refractivity contribution < 1.29 is 14.3 Å². The Morgan fingerprint density at radius 2 is 2.08 bits per heavy atom. The number of carbonyl (C=O) groups is 1. The number of amides is 1. The molecule has 1 saturated carbocycles. The number of likely N-dealkylation sites (tertiary alicyclic amines) is 1. The fourth-order valence-electron chi connectivity index (χ4n) is 4.16. The van der Waals surface area contributed by atoms with Crippen LogP contribution in [0.1, 0.15) is 47.3 Å². The van der Waals surface area contributed by atoms with Crippen molar-refractivity contribution in [2.75, 3.05) is 20.8 Å². The predicted molar refractivity (Wildman–Crippen MR) is 90.4 cm³/mol. The van der Waals surface area contributed by atoms with E-state index in [0.29, 0.717) is 6.54 Å². The van der Waals surface area contributed by atoms with Crippen LogP contribution in [0.5, 0.6) is 0 Å². The highest BCUT2D eigenvalue weighted by Gasteiger charge is 2.52. The molecule has 1 amide bonds. The van der Waals surface area contributed by atoms with Gasteiger partial charge >= 0.3 is 0 Å². The Labute approximate surface area is 142 Å². The van der Waals surface area contributed by atoms with Gasteiger partial charge in [0.05, 0.1) is 17.7 Å². The average Bonchev–Trinajstić information content (AvgIpc) is 2.96. The lowest BCUT2D eigenvalue weighted by Gasteiger charge is -2.43. The van der Waals surface area contributed by atoms with Gasteiger partial charge in [-0.1, -0.05) is 0 Å². The zero-order chi connectivity index (χ0) is 17.5. The van der Waals surface area contributed by atoms with E-state index in [2.05, 4.69) is 4.98 Å². The minimum absolute atomic E-state index is 0.0466. The van der Waals surface area contributed by atoms with E-state index >= 15 is 0 Å². The molecule has 6 nitrogen and oxygen atoms in total. The third kappa shape index (κ3) is 2.67. The van der Waals surface area contributed by atoms with Gasteiger partial charge in [-0.05, 0) is 51.2 Å². The number of fused-ring (bicyclic) bond motifs is 1. The number of rotatable bonds is 3. The summed E-state index contributed by atoms with van der Waals surface area (Å²) in [6.07, 6.45) is 3.50. The third-order valence-electron chi connectivity index (χ3n) is 5.86. The molecule has 24 heavy (non-hydrogen) atoms. The largest absolute Gasteiger partial charge is 0.381 e. The molecule has 6 heteroatoms. The number of nitrogens with one attached hydrogen (secondary N) is 1. The number of methoxy groups -OCH3 is 2. The van der Waals surface area contributed by atoms with Crippen LogP contribution in [-0.4, -0.2) is 54.3 Å². The van der Waals surface area contributed by atoms with E-state index in [9.17, 15) is 9.59 Å². The maximum Gasteiger partial charge on any atom is 0.261 e. The lowest BCUT2D eigenvalue weighted by Crippen LogP contribution is -2.53. The summed E-state index contributed by atoms with van der Waals surface area (Å²) in [6, 6.07) is 1.65. The summed E-state index contributed by atoms with van der Waals surface area (Å²) in [6.45, 7) is 4.34. The molecule has 0 radical (unpaired) electrons. The maximum absolute atomic E-state index is 13.0. The van der Waals surface area contributed by atoms with Crippen LogP contribution >= 0.6 is 0 Å². The van der Waals surface area contributed by atoms with Gasteiger partial charge in [-0.3, -0.25) is 9.59 Å². The van der Waals surface area contributed by atoms with Crippen LogP contribution in [0, 0.1) is 13.8 Å². The lowest BCUT2D eigenvalue weighted by molar-refractivity contribution is -0.0893. The number of ether oxygens (including phenoxy) is 2. The van der Waals surface area contributed by atoms with Crippen molar-refractivity contribution in [1.82, 2.24) is 9.88 Å². The van der Waals surface area contributed by atoms with Crippen LogP contribution in [0.25, 0.3) is 0 Å². The Hall–Kier alpha value is -1.66. The molecule has 3 rings (SSSR count). The van der Waals surface area contributed by atoms with Crippen LogP contribution < -0.4 is 5.56 Å². The smallest absolute Gasteiger partial charge is 0.261 e. The van der Waals surface area contributed by atoms with Crippen molar-refractivity contribution in [3.63, 3.8) is 0 Å². The Morgan fingerprint density at radius 1 is 1.33 bits per heavy atom. The van der Waals surface area contributed by atoms with Crippen molar-refractivity contribution in [1.29, 1.82) is 0 Å². The summed E-state index contributed by atoms with van der Waals surface area (Å²) in [4.78, 5) is 29.9. The number of hydrogen-bond donors (Lipinski definition) is 1. The molecule has 0 spiro atoms. The summed E-state index contributed by atoms with van der Waals surface area (Å²) in [5, 5.41) is 0. The zero-order valence-electron chi connectivity index (χ0n) is 14.8. The summed E-state index contributed by atoms with van der Waals surface area (Å²) in [5.74, 6) is -0.208. The maximum atomic E-state index is 13.0. The molecule has 2 heterocycles. The first-order valence-corrected chi connectivity index (χ1v) is 8.51. The summed E-state index contributed by atoms with van der Waals surface area (Å²) < 4.78 is 11.4. The number of carbonyl (C=O) groups excluding carboxylic acids is 1. The number of aryl methyl sites for hydroxylation is 2. The van der Waals surface area contributed by atoms with Crippen molar-refractivity contribution >= 4 is 5.91 Å². The lowest BCUT2D eigenvalue weighted by atomic mass is 9.79. The fourth-order valence-corrected chi connectivity index (χ4v) is 4.16. The second kappa shape index (κ2) is 6.33. The van der Waals surface area contributed by atoms with E-state index in [4.69, 9.17) is 9.47 Å². The third-order valence-corrected chi connectivity index (χ3v) is 5.86. The molecule has 0 aromatic carbocycles. The van der Waals surface area contributed by atoms with E-state index < -0.39 is 0 Å². The van der Waals surface area contributed by atoms with Gasteiger partial charge in [-0.2, -0.15) is 0 Å². The van der Waals surface area contributed by atoms with Crippen LogP contribution in [0.3, 0.4) is 0 Å². The topological polar surface area (TPSA) is 71.6 Å². The number of hydrogen-bond acceptors (Lipinski definition) is 4. The minimum atomic E-state index is -0.322. The SMILES string of the molecule is CO[C@@H]1CC[C@@]2(OC)CCN(C(=O)c3cc(C)c(C)[nH]c3=O)[C@H]2C1. The highest BCUT2D eigenvalue weighted by molar-refractivity contribution is 5.94. The van der Waals surface area contributed by atoms with Gasteiger partial charge in [0, 0.05) is 26.5 Å². The van der Waals surface area contributed by atoms with Crippen molar-refractivity contribution in [2.24, 2.45) is 0 Å². The van der Waals surface area contributed by atoms with Gasteiger partial charge in [-0.25, -0.2) is 0 Å². The predicted octanol–water partition coefficient (Wildman–Crippen LogP) is 1.79. The zero-order valence-corrected chi connectivity index (χ0v) is 14.8. The standard InChI is InChI=1S/C18H26N2O4/c1-11-9-14(16(21)19-12(11)2)17(22)20-8-7-18(24-4)6-5-13(23-3)10-15(18)20/h9,13,15H,5-8,10H2,1-4H3,(H,19,21)/t13-,15+,18-/m1/s1. The molecule has 0 bridgehead atoms. The molecule has 1 N–H and O–H groups in total. The highest BCUT2D eigenvalue weighted by Crippen LogP contribution is 2.43. The monoisotopic (exact) mass is 334 g/mol. The van der Waals surface area contributed by atoms with Crippen LogP contribution in [-0.2, 0) is 9.47 Å². The number of aromatic amines is 1. The quantitative estimate of drug-likeness (QED) is 0.915. The molecule has 1 aliphatic carbocycles. The molecule has 1 aromatic heterocycles. The van der Waals surface area contributed by atoms with E-state index in [0.717, 1.165) is 36.9 Å². The molecule has 3 atom stereocenters. The molecule has 1 aromatic rings. The van der Waals surface area contributed by atoms with Crippen LogP contribution in [0.4, 0.5) is 0 Å². The summed E-state index contributed by atoms with van der Waals surface area (Å²) >= 11 is 0. The van der Waals surface area contributed by atoms with E-state index in [1.165, 1.54) is 0 Å². The molecule has 1 saturated heterocycles. The molecule has 2 aliphatic rings. The van der Waals surface area contributed by atoms with Gasteiger partial charge in [-0.15, -0.1) is 0 Å². The average molecular weight is 334 g/mol. The van der Waals surface area contributed by atoms with Crippen LogP contribution in [0.2, 0.25) is 0 Å². The van der Waals surface area contributed by atoms with Crippen LogP contribution in [0.15, 0.2) is 10.9 Å². The highest BCUT2D eigenvalue weighted by atomic mass is 16.5. The molecule has 132 valence electrons.